The molecule has 4 nitrogen and oxygen atoms in total. The van der Waals surface area contributed by atoms with Gasteiger partial charge in [-0.2, -0.15) is 5.10 Å². The van der Waals surface area contributed by atoms with Crippen LogP contribution in [-0.4, -0.2) is 21.3 Å². The molecule has 0 aliphatic heterocycles. The Balaban J connectivity index is 1.80. The Hall–Kier alpha value is -1.36. The minimum Gasteiger partial charge on any atom is -0.360 e. The van der Waals surface area contributed by atoms with Crippen LogP contribution in [0.5, 0.6) is 0 Å². The Labute approximate surface area is 93.0 Å². The van der Waals surface area contributed by atoms with E-state index in [1.54, 1.807) is 11.3 Å². The summed E-state index contributed by atoms with van der Waals surface area (Å²) in [6, 6.07) is 0. The van der Waals surface area contributed by atoms with Gasteiger partial charge in [-0.15, -0.1) is 11.3 Å². The smallest absolute Gasteiger partial charge is 0.182 e. The molecule has 2 aromatic heterocycles. The zero-order valence-electron chi connectivity index (χ0n) is 8.90. The minimum atomic E-state index is 0.855. The van der Waals surface area contributed by atoms with Crippen LogP contribution in [0, 0.1) is 13.8 Å². The lowest BCUT2D eigenvalue weighted by Gasteiger charge is -2.02. The van der Waals surface area contributed by atoms with Crippen molar-refractivity contribution in [1.29, 1.82) is 0 Å². The maximum absolute atomic E-state index is 4.32. The standard InChI is InChI=1S/C10H14N4S/c1-8-5-12-14(6-8)4-3-11-10-13-9(2)7-15-10/h5-7H,3-4H2,1-2H3,(H,11,13). The molecular formula is C10H14N4S. The lowest BCUT2D eigenvalue weighted by Crippen LogP contribution is -2.10. The molecular weight excluding hydrogens is 208 g/mol. The van der Waals surface area contributed by atoms with Crippen LogP contribution in [0.2, 0.25) is 0 Å². The highest BCUT2D eigenvalue weighted by Gasteiger charge is 1.97. The molecule has 5 heteroatoms. The monoisotopic (exact) mass is 222 g/mol. The average molecular weight is 222 g/mol. The van der Waals surface area contributed by atoms with Crippen LogP contribution < -0.4 is 5.32 Å². The number of rotatable bonds is 4. The molecule has 2 aromatic rings. The van der Waals surface area contributed by atoms with Crippen molar-refractivity contribution in [2.75, 3.05) is 11.9 Å². The van der Waals surface area contributed by atoms with Crippen LogP contribution in [0.15, 0.2) is 17.8 Å². The second-order valence-corrected chi connectivity index (χ2v) is 4.36. The first kappa shape index (κ1) is 10.2. The van der Waals surface area contributed by atoms with Crippen LogP contribution in [0.3, 0.4) is 0 Å². The lowest BCUT2D eigenvalue weighted by atomic mass is 10.4. The number of aryl methyl sites for hydroxylation is 2. The van der Waals surface area contributed by atoms with E-state index in [0.717, 1.165) is 23.9 Å². The van der Waals surface area contributed by atoms with E-state index >= 15 is 0 Å². The summed E-state index contributed by atoms with van der Waals surface area (Å²) in [6.45, 7) is 5.76. The van der Waals surface area contributed by atoms with Gasteiger partial charge in [-0.1, -0.05) is 0 Å². The molecule has 0 radical (unpaired) electrons. The molecule has 80 valence electrons. The summed E-state index contributed by atoms with van der Waals surface area (Å²) in [5.41, 5.74) is 2.26. The van der Waals surface area contributed by atoms with Crippen molar-refractivity contribution in [3.05, 3.63) is 29.0 Å². The first-order valence-corrected chi connectivity index (χ1v) is 5.77. The van der Waals surface area contributed by atoms with Crippen LogP contribution in [-0.2, 0) is 6.54 Å². The number of hydrogen-bond donors (Lipinski definition) is 1. The number of nitrogens with one attached hydrogen (secondary N) is 1. The first-order chi connectivity index (χ1) is 7.24. The second-order valence-electron chi connectivity index (χ2n) is 3.50. The molecule has 15 heavy (non-hydrogen) atoms. The normalized spacial score (nSPS) is 10.5. The van der Waals surface area contributed by atoms with Gasteiger partial charge in [0.2, 0.25) is 0 Å². The van der Waals surface area contributed by atoms with Gasteiger partial charge < -0.3 is 5.32 Å². The van der Waals surface area contributed by atoms with Gasteiger partial charge in [-0.05, 0) is 19.4 Å². The van der Waals surface area contributed by atoms with E-state index in [1.165, 1.54) is 5.56 Å². The van der Waals surface area contributed by atoms with E-state index in [-0.39, 0.29) is 0 Å². The third kappa shape index (κ3) is 2.79. The zero-order chi connectivity index (χ0) is 10.7. The number of aromatic nitrogens is 3. The van der Waals surface area contributed by atoms with Crippen LogP contribution in [0.4, 0.5) is 5.13 Å². The predicted molar refractivity (Wildman–Crippen MR) is 62.3 cm³/mol. The zero-order valence-corrected chi connectivity index (χ0v) is 9.71. The Morgan fingerprint density at radius 3 is 2.93 bits per heavy atom. The van der Waals surface area contributed by atoms with E-state index < -0.39 is 0 Å². The van der Waals surface area contributed by atoms with Crippen molar-refractivity contribution >= 4 is 16.5 Å². The van der Waals surface area contributed by atoms with Gasteiger partial charge in [-0.3, -0.25) is 4.68 Å². The van der Waals surface area contributed by atoms with Crippen LogP contribution in [0.1, 0.15) is 11.3 Å². The molecule has 2 rings (SSSR count). The molecule has 0 bridgehead atoms. The fourth-order valence-electron chi connectivity index (χ4n) is 1.30. The van der Waals surface area contributed by atoms with Gasteiger partial charge in [0.15, 0.2) is 5.13 Å². The lowest BCUT2D eigenvalue weighted by molar-refractivity contribution is 0.637. The van der Waals surface area contributed by atoms with Crippen molar-refractivity contribution in [2.45, 2.75) is 20.4 Å². The van der Waals surface area contributed by atoms with Crippen molar-refractivity contribution in [3.8, 4) is 0 Å². The second kappa shape index (κ2) is 4.44. The van der Waals surface area contributed by atoms with E-state index in [1.807, 2.05) is 36.3 Å². The SMILES string of the molecule is Cc1cnn(CCNc2nc(C)cs2)c1. The van der Waals surface area contributed by atoms with Crippen molar-refractivity contribution < 1.29 is 0 Å². The Morgan fingerprint density at radius 2 is 2.33 bits per heavy atom. The molecule has 0 aliphatic rings. The molecule has 0 amide bonds. The minimum absolute atomic E-state index is 0.855. The van der Waals surface area contributed by atoms with E-state index in [0.29, 0.717) is 0 Å². The summed E-state index contributed by atoms with van der Waals surface area (Å²) < 4.78 is 1.93. The number of anilines is 1. The molecule has 0 aromatic carbocycles. The van der Waals surface area contributed by atoms with Gasteiger partial charge in [0.1, 0.15) is 0 Å². The van der Waals surface area contributed by atoms with Gasteiger partial charge in [0.05, 0.1) is 18.4 Å². The van der Waals surface area contributed by atoms with Crippen molar-refractivity contribution in [2.24, 2.45) is 0 Å². The molecule has 0 unspecified atom stereocenters. The number of thiazole rings is 1. The molecule has 0 spiro atoms. The topological polar surface area (TPSA) is 42.7 Å². The highest BCUT2D eigenvalue weighted by molar-refractivity contribution is 7.13. The molecule has 1 N–H and O–H groups in total. The Bertz CT molecular complexity index is 392. The third-order valence-corrected chi connectivity index (χ3v) is 2.92. The molecule has 0 atom stereocenters. The fraction of sp³-hybridized carbons (Fsp3) is 0.400. The highest BCUT2D eigenvalue weighted by atomic mass is 32.1. The van der Waals surface area contributed by atoms with Gasteiger partial charge in [0.25, 0.3) is 0 Å². The average Bonchev–Trinajstić information content (AvgIpc) is 2.76. The molecule has 0 saturated carbocycles. The van der Waals surface area contributed by atoms with E-state index in [4.69, 9.17) is 0 Å². The summed E-state index contributed by atoms with van der Waals surface area (Å²) in [5.74, 6) is 0. The quantitative estimate of drug-likeness (QED) is 0.861. The predicted octanol–water partition coefficient (Wildman–Crippen LogP) is 2.07. The summed E-state index contributed by atoms with van der Waals surface area (Å²) in [4.78, 5) is 4.32. The summed E-state index contributed by atoms with van der Waals surface area (Å²) in [6.07, 6.45) is 3.91. The fourth-order valence-corrected chi connectivity index (χ4v) is 2.02. The van der Waals surface area contributed by atoms with Gasteiger partial charge >= 0.3 is 0 Å². The van der Waals surface area contributed by atoms with E-state index in [9.17, 15) is 0 Å². The van der Waals surface area contributed by atoms with E-state index in [2.05, 4.69) is 15.4 Å². The van der Waals surface area contributed by atoms with Crippen molar-refractivity contribution in [1.82, 2.24) is 14.8 Å². The van der Waals surface area contributed by atoms with Gasteiger partial charge in [-0.25, -0.2) is 4.98 Å². The number of hydrogen-bond acceptors (Lipinski definition) is 4. The third-order valence-electron chi connectivity index (χ3n) is 2.00. The molecule has 0 aliphatic carbocycles. The summed E-state index contributed by atoms with van der Waals surface area (Å²) >= 11 is 1.64. The summed E-state index contributed by atoms with van der Waals surface area (Å²) in [5, 5.41) is 10.5. The first-order valence-electron chi connectivity index (χ1n) is 4.89. The highest BCUT2D eigenvalue weighted by Crippen LogP contribution is 2.13. The van der Waals surface area contributed by atoms with Crippen LogP contribution in [0.25, 0.3) is 0 Å². The van der Waals surface area contributed by atoms with Crippen LogP contribution >= 0.6 is 11.3 Å². The summed E-state index contributed by atoms with van der Waals surface area (Å²) in [7, 11) is 0. The largest absolute Gasteiger partial charge is 0.360 e. The maximum Gasteiger partial charge on any atom is 0.182 e. The number of nitrogens with zero attached hydrogens (tertiary/aromatic N) is 3. The Kier molecular flexibility index (Phi) is 3.01. The Morgan fingerprint density at radius 1 is 1.47 bits per heavy atom. The molecule has 0 saturated heterocycles. The molecule has 2 heterocycles. The maximum atomic E-state index is 4.32. The van der Waals surface area contributed by atoms with Gasteiger partial charge in [0, 0.05) is 18.1 Å². The van der Waals surface area contributed by atoms with Crippen molar-refractivity contribution in [3.63, 3.8) is 0 Å². The molecule has 0 fully saturated rings.